The van der Waals surface area contributed by atoms with Gasteiger partial charge < -0.3 is 5.32 Å². The molecule has 1 heterocycles. The van der Waals surface area contributed by atoms with E-state index in [1.165, 1.54) is 11.6 Å². The van der Waals surface area contributed by atoms with Gasteiger partial charge in [-0.05, 0) is 44.5 Å². The fourth-order valence-corrected chi connectivity index (χ4v) is 3.78. The minimum atomic E-state index is -0.284. The number of hydrogen-bond acceptors (Lipinski definition) is 3. The quantitative estimate of drug-likeness (QED) is 0.760. The highest BCUT2D eigenvalue weighted by Gasteiger charge is 2.26. The number of nitrogens with zero attached hydrogens (tertiary/aromatic N) is 2. The summed E-state index contributed by atoms with van der Waals surface area (Å²) in [6.07, 6.45) is 1.15. The molecular weight excluding hydrogens is 353 g/mol. The summed E-state index contributed by atoms with van der Waals surface area (Å²) in [6, 6.07) is 16.8. The fourth-order valence-electron chi connectivity index (χ4n) is 3.78. The van der Waals surface area contributed by atoms with Gasteiger partial charge in [0.2, 0.25) is 5.91 Å². The Morgan fingerprint density at radius 2 is 1.93 bits per heavy atom. The van der Waals surface area contributed by atoms with Crippen molar-refractivity contribution in [3.63, 3.8) is 0 Å². The second-order valence-electron chi connectivity index (χ2n) is 7.80. The maximum absolute atomic E-state index is 13.7. The van der Waals surface area contributed by atoms with Crippen LogP contribution < -0.4 is 5.32 Å². The van der Waals surface area contributed by atoms with Gasteiger partial charge in [-0.1, -0.05) is 48.5 Å². The average molecular weight is 384 g/mol. The van der Waals surface area contributed by atoms with Gasteiger partial charge in [0.1, 0.15) is 5.82 Å². The highest BCUT2D eigenvalue weighted by atomic mass is 19.1. The molecule has 2 aromatic rings. The van der Waals surface area contributed by atoms with Crippen molar-refractivity contribution in [3.8, 4) is 0 Å². The van der Waals surface area contributed by atoms with E-state index in [-0.39, 0.29) is 24.3 Å². The van der Waals surface area contributed by atoms with Gasteiger partial charge in [0.25, 0.3) is 0 Å². The Balaban J connectivity index is 1.43. The van der Waals surface area contributed by atoms with Crippen molar-refractivity contribution in [1.29, 1.82) is 0 Å². The van der Waals surface area contributed by atoms with Crippen molar-refractivity contribution < 1.29 is 9.18 Å². The first-order valence-electron chi connectivity index (χ1n) is 10.0. The van der Waals surface area contributed by atoms with E-state index in [0.717, 1.165) is 32.6 Å². The summed E-state index contributed by atoms with van der Waals surface area (Å²) >= 11 is 0. The van der Waals surface area contributed by atoms with Crippen LogP contribution in [0.2, 0.25) is 0 Å². The third kappa shape index (κ3) is 5.63. The summed E-state index contributed by atoms with van der Waals surface area (Å²) in [6.45, 7) is 6.16. The van der Waals surface area contributed by atoms with Gasteiger partial charge in [-0.3, -0.25) is 14.6 Å². The molecule has 28 heavy (non-hydrogen) atoms. The third-order valence-corrected chi connectivity index (χ3v) is 5.62. The topological polar surface area (TPSA) is 35.6 Å². The molecule has 0 spiro atoms. The molecule has 0 saturated carbocycles. The fraction of sp³-hybridized carbons (Fsp3) is 0.435. The molecule has 4 nitrogen and oxygen atoms in total. The largest absolute Gasteiger partial charge is 0.351 e. The summed E-state index contributed by atoms with van der Waals surface area (Å²) < 4.78 is 13.7. The smallest absolute Gasteiger partial charge is 0.237 e. The Morgan fingerprint density at radius 3 is 2.68 bits per heavy atom. The molecule has 1 aliphatic heterocycles. The molecule has 1 fully saturated rings. The van der Waals surface area contributed by atoms with E-state index < -0.39 is 0 Å². The molecule has 0 aromatic heterocycles. The van der Waals surface area contributed by atoms with Crippen molar-refractivity contribution >= 4 is 5.91 Å². The highest BCUT2D eigenvalue weighted by molar-refractivity contribution is 5.81. The van der Waals surface area contributed by atoms with Crippen LogP contribution in [-0.2, 0) is 17.9 Å². The van der Waals surface area contributed by atoms with Crippen LogP contribution in [0.25, 0.3) is 0 Å². The van der Waals surface area contributed by atoms with E-state index >= 15 is 0 Å². The van der Waals surface area contributed by atoms with Crippen LogP contribution in [0.15, 0.2) is 54.6 Å². The predicted molar refractivity (Wildman–Crippen MR) is 110 cm³/mol. The Morgan fingerprint density at radius 1 is 1.21 bits per heavy atom. The summed E-state index contributed by atoms with van der Waals surface area (Å²) in [5.74, 6) is 0.216. The number of nitrogens with one attached hydrogen (secondary N) is 1. The van der Waals surface area contributed by atoms with Crippen LogP contribution in [0, 0.1) is 11.7 Å². The van der Waals surface area contributed by atoms with Gasteiger partial charge in [0.15, 0.2) is 0 Å². The lowest BCUT2D eigenvalue weighted by atomic mass is 10.1. The Hall–Kier alpha value is -2.24. The van der Waals surface area contributed by atoms with E-state index in [0.29, 0.717) is 11.5 Å². The maximum atomic E-state index is 13.7. The second-order valence-corrected chi connectivity index (χ2v) is 7.80. The third-order valence-electron chi connectivity index (χ3n) is 5.62. The molecule has 0 aliphatic carbocycles. The number of amides is 1. The SMILES string of the molecule is C[C@H](C(=O)NCc1ccccc1F)N(C)C[C@H]1CCN(Cc2ccccc2)C1. The Labute approximate surface area is 167 Å². The predicted octanol–water partition coefficient (Wildman–Crippen LogP) is 3.28. The lowest BCUT2D eigenvalue weighted by molar-refractivity contribution is -0.125. The van der Waals surface area contributed by atoms with Gasteiger partial charge in [-0.25, -0.2) is 4.39 Å². The number of hydrogen-bond donors (Lipinski definition) is 1. The zero-order valence-corrected chi connectivity index (χ0v) is 16.8. The van der Waals surface area contributed by atoms with Gasteiger partial charge >= 0.3 is 0 Å². The van der Waals surface area contributed by atoms with Crippen LogP contribution in [-0.4, -0.2) is 48.4 Å². The standard InChI is InChI=1S/C23H30FN3O/c1-18(23(28)25-14-21-10-6-7-11-22(21)24)26(2)15-20-12-13-27(17-20)16-19-8-4-3-5-9-19/h3-11,18,20H,12-17H2,1-2H3,(H,25,28)/t18-,20-/m1/s1. The minimum Gasteiger partial charge on any atom is -0.351 e. The van der Waals surface area contributed by atoms with Gasteiger partial charge in [-0.15, -0.1) is 0 Å². The van der Waals surface area contributed by atoms with Crippen molar-refractivity contribution in [2.24, 2.45) is 5.92 Å². The van der Waals surface area contributed by atoms with E-state index in [4.69, 9.17) is 0 Å². The molecule has 0 unspecified atom stereocenters. The van der Waals surface area contributed by atoms with Crippen LogP contribution in [0.3, 0.4) is 0 Å². The molecule has 0 bridgehead atoms. The molecular formula is C23H30FN3O. The Kier molecular flexibility index (Phi) is 7.18. The Bertz CT molecular complexity index is 767. The molecule has 2 aromatic carbocycles. The zero-order chi connectivity index (χ0) is 19.9. The van der Waals surface area contributed by atoms with Crippen molar-refractivity contribution in [2.45, 2.75) is 32.5 Å². The first kappa shape index (κ1) is 20.5. The molecule has 2 atom stereocenters. The summed E-state index contributed by atoms with van der Waals surface area (Å²) in [5, 5.41) is 2.86. The second kappa shape index (κ2) is 9.80. The molecule has 5 heteroatoms. The molecule has 0 radical (unpaired) electrons. The van der Waals surface area contributed by atoms with Crippen LogP contribution >= 0.6 is 0 Å². The number of benzene rings is 2. The highest BCUT2D eigenvalue weighted by Crippen LogP contribution is 2.20. The average Bonchev–Trinajstić information content (AvgIpc) is 3.14. The molecule has 1 saturated heterocycles. The van der Waals surface area contributed by atoms with E-state index in [1.807, 2.05) is 20.0 Å². The molecule has 1 amide bonds. The first-order chi connectivity index (χ1) is 13.5. The number of likely N-dealkylation sites (tertiary alicyclic amines) is 1. The van der Waals surface area contributed by atoms with Crippen molar-refractivity contribution in [2.75, 3.05) is 26.7 Å². The van der Waals surface area contributed by atoms with E-state index in [2.05, 4.69) is 39.4 Å². The van der Waals surface area contributed by atoms with E-state index in [9.17, 15) is 9.18 Å². The lowest BCUT2D eigenvalue weighted by Gasteiger charge is -2.27. The van der Waals surface area contributed by atoms with Crippen molar-refractivity contribution in [1.82, 2.24) is 15.1 Å². The number of likely N-dealkylation sites (N-methyl/N-ethyl adjacent to an activating group) is 1. The first-order valence-corrected chi connectivity index (χ1v) is 10.0. The lowest BCUT2D eigenvalue weighted by Crippen LogP contribution is -2.45. The molecule has 1 N–H and O–H groups in total. The van der Waals surface area contributed by atoms with Crippen LogP contribution in [0.1, 0.15) is 24.5 Å². The molecule has 1 aliphatic rings. The van der Waals surface area contributed by atoms with Gasteiger partial charge in [-0.2, -0.15) is 0 Å². The summed E-state index contributed by atoms with van der Waals surface area (Å²) in [5.41, 5.74) is 1.86. The summed E-state index contributed by atoms with van der Waals surface area (Å²) in [4.78, 5) is 17.1. The number of rotatable bonds is 8. The molecule has 150 valence electrons. The molecule has 3 rings (SSSR count). The van der Waals surface area contributed by atoms with Gasteiger partial charge in [0, 0.05) is 31.7 Å². The normalized spacial score (nSPS) is 18.4. The van der Waals surface area contributed by atoms with Gasteiger partial charge in [0.05, 0.1) is 6.04 Å². The monoisotopic (exact) mass is 383 g/mol. The maximum Gasteiger partial charge on any atom is 0.237 e. The number of carbonyl (C=O) groups excluding carboxylic acids is 1. The van der Waals surface area contributed by atoms with Crippen LogP contribution in [0.5, 0.6) is 0 Å². The zero-order valence-electron chi connectivity index (χ0n) is 16.8. The van der Waals surface area contributed by atoms with E-state index in [1.54, 1.807) is 18.2 Å². The van der Waals surface area contributed by atoms with Crippen LogP contribution in [0.4, 0.5) is 4.39 Å². The number of halogens is 1. The number of carbonyl (C=O) groups is 1. The minimum absolute atomic E-state index is 0.0649. The summed E-state index contributed by atoms with van der Waals surface area (Å²) in [7, 11) is 1.99. The van der Waals surface area contributed by atoms with Crippen molar-refractivity contribution in [3.05, 3.63) is 71.5 Å².